The average Bonchev–Trinajstić information content (AvgIpc) is 3.02. The Balaban J connectivity index is 1.36. The molecule has 13 nitrogen and oxygen atoms in total. The number of rotatable bonds is 12. The van der Waals surface area contributed by atoms with Crippen LogP contribution in [-0.4, -0.2) is 46.9 Å². The smallest absolute Gasteiger partial charge is 0.323 e. The molecule has 0 fully saturated rings. The average molecular weight is 625 g/mol. The highest BCUT2D eigenvalue weighted by Crippen LogP contribution is 2.27. The van der Waals surface area contributed by atoms with Gasteiger partial charge in [0.05, 0.1) is 49.3 Å². The molecule has 4 aromatic rings. The first kappa shape index (κ1) is 32.7. The molecule has 7 N–H and O–H groups in total. The number of nitrogens with two attached hydrogens (primary N) is 1. The van der Waals surface area contributed by atoms with E-state index in [9.17, 15) is 29.1 Å². The molecule has 0 radical (unpaired) electrons. The van der Waals surface area contributed by atoms with E-state index in [0.29, 0.717) is 28.4 Å². The number of anilines is 3. The summed E-state index contributed by atoms with van der Waals surface area (Å²) in [6, 6.07) is 19.6. The van der Waals surface area contributed by atoms with Gasteiger partial charge in [-0.2, -0.15) is 0 Å². The van der Waals surface area contributed by atoms with Crippen LogP contribution in [0.4, 0.5) is 21.9 Å². The van der Waals surface area contributed by atoms with Gasteiger partial charge in [0.2, 0.25) is 11.8 Å². The minimum absolute atomic E-state index is 0.0139. The second kappa shape index (κ2) is 15.0. The lowest BCUT2D eigenvalue weighted by atomic mass is 10.1. The number of hydrogen-bond donors (Lipinski definition) is 6. The Morgan fingerprint density at radius 2 is 1.57 bits per heavy atom. The van der Waals surface area contributed by atoms with Crippen LogP contribution >= 0.6 is 0 Å². The lowest BCUT2D eigenvalue weighted by Crippen LogP contribution is -2.31. The molecule has 3 aromatic carbocycles. The van der Waals surface area contributed by atoms with E-state index >= 15 is 0 Å². The Hall–Kier alpha value is -6.24. The minimum atomic E-state index is -1.16. The fraction of sp³-hybridized carbons (Fsp3) is 0.152. The Morgan fingerprint density at radius 1 is 0.870 bits per heavy atom. The molecule has 1 unspecified atom stereocenters. The van der Waals surface area contributed by atoms with Gasteiger partial charge in [0.25, 0.3) is 5.91 Å². The number of benzene rings is 3. The molecule has 0 saturated carbocycles. The molecule has 0 saturated heterocycles. The van der Waals surface area contributed by atoms with Crippen LogP contribution in [0.25, 0.3) is 0 Å². The largest absolute Gasteiger partial charge is 0.495 e. The third kappa shape index (κ3) is 8.89. The van der Waals surface area contributed by atoms with Gasteiger partial charge in [0.1, 0.15) is 5.75 Å². The van der Waals surface area contributed by atoms with Crippen LogP contribution < -0.4 is 31.7 Å². The lowest BCUT2D eigenvalue weighted by molar-refractivity contribution is -0.137. The summed E-state index contributed by atoms with van der Waals surface area (Å²) in [4.78, 5) is 65.1. The summed E-state index contributed by atoms with van der Waals surface area (Å²) in [5.74, 6) is -2.35. The Bertz CT molecular complexity index is 1760. The van der Waals surface area contributed by atoms with Crippen molar-refractivity contribution in [3.05, 3.63) is 113 Å². The number of methoxy groups -OCH3 is 1. The molecule has 0 aliphatic carbocycles. The fourth-order valence-corrected chi connectivity index (χ4v) is 4.45. The summed E-state index contributed by atoms with van der Waals surface area (Å²) in [5, 5.41) is 20.3. The standard InChI is InChI=1S/C33H32N6O7/c1-19-5-3-4-6-24(19)38-33(45)39-26-13-7-20(15-28(26)46-2)16-29(40)36-23-12-14-25(35-18-23)27(17-30(41)42)37-32(44)22-10-8-21(9-11-22)31(34)43/h3-15,18,27H,16-17H2,1-2H3,(H2,34,43)(H,36,40)(H,37,44)(H,41,42)(H2,38,39,45). The van der Waals surface area contributed by atoms with E-state index in [1.54, 1.807) is 30.3 Å². The Kier molecular flexibility index (Phi) is 10.6. The monoisotopic (exact) mass is 624 g/mol. The number of amides is 5. The highest BCUT2D eigenvalue weighted by atomic mass is 16.5. The number of aryl methyl sites for hydroxylation is 1. The molecule has 0 spiro atoms. The number of carbonyl (C=O) groups excluding carboxylic acids is 4. The molecule has 13 heteroatoms. The molecule has 0 bridgehead atoms. The van der Waals surface area contributed by atoms with Crippen LogP contribution in [-0.2, 0) is 16.0 Å². The van der Waals surface area contributed by atoms with Gasteiger partial charge in [-0.05, 0) is 72.6 Å². The first-order valence-corrected chi connectivity index (χ1v) is 14.0. The van der Waals surface area contributed by atoms with E-state index in [1.165, 1.54) is 43.6 Å². The number of aliphatic carboxylic acids is 1. The van der Waals surface area contributed by atoms with E-state index < -0.39 is 36.3 Å². The molecule has 4 rings (SSSR count). The number of carboxylic acid groups (broad SMARTS) is 1. The van der Waals surface area contributed by atoms with Crippen molar-refractivity contribution in [2.45, 2.75) is 25.8 Å². The zero-order valence-corrected chi connectivity index (χ0v) is 25.0. The third-order valence-corrected chi connectivity index (χ3v) is 6.81. The van der Waals surface area contributed by atoms with E-state index in [-0.39, 0.29) is 29.1 Å². The van der Waals surface area contributed by atoms with Crippen LogP contribution in [0.2, 0.25) is 0 Å². The maximum atomic E-state index is 12.8. The van der Waals surface area contributed by atoms with Crippen LogP contribution in [0.1, 0.15) is 50.0 Å². The van der Waals surface area contributed by atoms with Crippen molar-refractivity contribution in [3.8, 4) is 5.75 Å². The molecule has 1 aromatic heterocycles. The Labute approximate surface area is 264 Å². The van der Waals surface area contributed by atoms with E-state index in [4.69, 9.17) is 10.5 Å². The molecule has 236 valence electrons. The first-order chi connectivity index (χ1) is 22.0. The van der Waals surface area contributed by atoms with E-state index in [0.717, 1.165) is 5.56 Å². The molecular weight excluding hydrogens is 592 g/mol. The van der Waals surface area contributed by atoms with Crippen molar-refractivity contribution in [2.24, 2.45) is 5.73 Å². The number of carbonyl (C=O) groups is 5. The van der Waals surface area contributed by atoms with Gasteiger partial charge >= 0.3 is 12.0 Å². The van der Waals surface area contributed by atoms with Crippen molar-refractivity contribution in [2.75, 3.05) is 23.1 Å². The summed E-state index contributed by atoms with van der Waals surface area (Å²) >= 11 is 0. The zero-order valence-electron chi connectivity index (χ0n) is 25.0. The predicted molar refractivity (Wildman–Crippen MR) is 171 cm³/mol. The van der Waals surface area contributed by atoms with Crippen molar-refractivity contribution >= 4 is 46.8 Å². The first-order valence-electron chi connectivity index (χ1n) is 14.0. The fourth-order valence-electron chi connectivity index (χ4n) is 4.45. The van der Waals surface area contributed by atoms with Crippen LogP contribution in [0.5, 0.6) is 5.75 Å². The second-order valence-corrected chi connectivity index (χ2v) is 10.2. The molecule has 1 heterocycles. The molecule has 5 amide bonds. The van der Waals surface area contributed by atoms with E-state index in [2.05, 4.69) is 26.3 Å². The van der Waals surface area contributed by atoms with Crippen molar-refractivity contribution in [3.63, 3.8) is 0 Å². The third-order valence-electron chi connectivity index (χ3n) is 6.81. The summed E-state index contributed by atoms with van der Waals surface area (Å²) in [6.07, 6.45) is 0.903. The highest BCUT2D eigenvalue weighted by Gasteiger charge is 2.21. The summed E-state index contributed by atoms with van der Waals surface area (Å²) in [5.41, 5.74) is 8.90. The topological polar surface area (TPSA) is 202 Å². The van der Waals surface area contributed by atoms with Gasteiger partial charge < -0.3 is 36.8 Å². The van der Waals surface area contributed by atoms with Crippen molar-refractivity contribution in [1.29, 1.82) is 0 Å². The van der Waals surface area contributed by atoms with Crippen LogP contribution in [0.15, 0.2) is 85.1 Å². The zero-order chi connectivity index (χ0) is 33.2. The van der Waals surface area contributed by atoms with Gasteiger partial charge in [-0.3, -0.25) is 24.2 Å². The minimum Gasteiger partial charge on any atom is -0.495 e. The number of ether oxygens (including phenoxy) is 1. The SMILES string of the molecule is COc1cc(CC(=O)Nc2ccc(C(CC(=O)O)NC(=O)c3ccc(C(N)=O)cc3)nc2)ccc1NC(=O)Nc1ccccc1C. The number of urea groups is 1. The maximum Gasteiger partial charge on any atom is 0.323 e. The number of pyridine rings is 1. The summed E-state index contributed by atoms with van der Waals surface area (Å²) in [6.45, 7) is 1.88. The molecular formula is C33H32N6O7. The van der Waals surface area contributed by atoms with Gasteiger partial charge in [-0.15, -0.1) is 0 Å². The number of para-hydroxylation sites is 1. The maximum absolute atomic E-state index is 12.8. The highest BCUT2D eigenvalue weighted by molar-refractivity contribution is 6.01. The molecule has 0 aliphatic heterocycles. The van der Waals surface area contributed by atoms with E-state index in [1.807, 2.05) is 25.1 Å². The number of nitrogens with one attached hydrogen (secondary N) is 4. The van der Waals surface area contributed by atoms with Gasteiger partial charge in [0, 0.05) is 16.8 Å². The normalized spacial score (nSPS) is 11.1. The number of carboxylic acids is 1. The summed E-state index contributed by atoms with van der Waals surface area (Å²) < 4.78 is 5.42. The predicted octanol–water partition coefficient (Wildman–Crippen LogP) is 4.27. The van der Waals surface area contributed by atoms with Gasteiger partial charge in [-0.25, -0.2) is 4.79 Å². The van der Waals surface area contributed by atoms with Crippen LogP contribution in [0, 0.1) is 6.92 Å². The van der Waals surface area contributed by atoms with Gasteiger partial charge in [-0.1, -0.05) is 24.3 Å². The molecule has 1 atom stereocenters. The molecule has 0 aliphatic rings. The number of aromatic nitrogens is 1. The number of nitrogens with zero attached hydrogens (tertiary/aromatic N) is 1. The number of primary amides is 1. The lowest BCUT2D eigenvalue weighted by Gasteiger charge is -2.17. The number of hydrogen-bond acceptors (Lipinski definition) is 7. The van der Waals surface area contributed by atoms with Gasteiger partial charge in [0.15, 0.2) is 0 Å². The molecule has 46 heavy (non-hydrogen) atoms. The summed E-state index contributed by atoms with van der Waals surface area (Å²) in [7, 11) is 1.45. The van der Waals surface area contributed by atoms with Crippen molar-refractivity contribution in [1.82, 2.24) is 10.3 Å². The van der Waals surface area contributed by atoms with Crippen molar-refractivity contribution < 1.29 is 33.8 Å². The van der Waals surface area contributed by atoms with Crippen LogP contribution in [0.3, 0.4) is 0 Å². The quantitative estimate of drug-likeness (QED) is 0.134. The second-order valence-electron chi connectivity index (χ2n) is 10.2. The Morgan fingerprint density at radius 3 is 2.20 bits per heavy atom.